The van der Waals surface area contributed by atoms with Crippen LogP contribution in [0.1, 0.15) is 20.3 Å². The van der Waals surface area contributed by atoms with E-state index in [9.17, 15) is 19.8 Å². The molecule has 0 amide bonds. The van der Waals surface area contributed by atoms with Crippen LogP contribution in [0.3, 0.4) is 0 Å². The van der Waals surface area contributed by atoms with Crippen molar-refractivity contribution in [1.82, 2.24) is 0 Å². The van der Waals surface area contributed by atoms with E-state index in [4.69, 9.17) is 11.5 Å². The van der Waals surface area contributed by atoms with E-state index in [2.05, 4.69) is 0 Å². The van der Waals surface area contributed by atoms with Gasteiger partial charge in [-0.05, 0) is 0 Å². The van der Waals surface area contributed by atoms with E-state index >= 15 is 0 Å². The molecule has 7 heteroatoms. The number of hydrogen-bond acceptors (Lipinski definition) is 4. The summed E-state index contributed by atoms with van der Waals surface area (Å²) in [6, 6.07) is 0. The molecule has 0 saturated carbocycles. The van der Waals surface area contributed by atoms with Crippen LogP contribution in [0.4, 0.5) is 0 Å². The van der Waals surface area contributed by atoms with Crippen molar-refractivity contribution in [2.45, 2.75) is 20.3 Å². The quantitative estimate of drug-likeness (QED) is 0.563. The normalized spacial score (nSPS) is 9.33. The van der Waals surface area contributed by atoms with Gasteiger partial charge in [0, 0.05) is 18.4 Å². The van der Waals surface area contributed by atoms with Crippen LogP contribution in [0.25, 0.3) is 11.5 Å². The molecule has 0 aromatic rings. The minimum absolute atomic E-state index is 0. The van der Waals surface area contributed by atoms with Crippen LogP contribution in [0, 0.1) is 5.41 Å². The van der Waals surface area contributed by atoms with Crippen LogP contribution >= 0.6 is 0 Å². The molecule has 90 valence electrons. The molecule has 0 aliphatic carbocycles. The van der Waals surface area contributed by atoms with Gasteiger partial charge in [-0.15, -0.1) is 13.1 Å². The first kappa shape index (κ1) is 20.0. The van der Waals surface area contributed by atoms with Gasteiger partial charge in [-0.25, -0.2) is 0 Å². The molecule has 6 nitrogen and oxygen atoms in total. The first-order valence-electron chi connectivity index (χ1n) is 3.94. The van der Waals surface area contributed by atoms with Gasteiger partial charge in [-0.2, -0.15) is 0 Å². The molecule has 0 aliphatic rings. The number of rotatable bonds is 4. The summed E-state index contributed by atoms with van der Waals surface area (Å²) in [6.07, 6.45) is -1.03. The summed E-state index contributed by atoms with van der Waals surface area (Å²) in [7, 11) is 0. The Kier molecular flexibility index (Phi) is 13.5. The molecule has 0 radical (unpaired) electrons. The van der Waals surface area contributed by atoms with Crippen molar-refractivity contribution in [3.63, 3.8) is 0 Å². The van der Waals surface area contributed by atoms with Gasteiger partial charge in [0.15, 0.2) is 0 Å². The van der Waals surface area contributed by atoms with Gasteiger partial charge in [-0.3, -0.25) is 0 Å². The first-order valence-corrected chi connectivity index (χ1v) is 3.94. The molecule has 0 spiro atoms. The number of carboxylic acid groups (broad SMARTS) is 2. The third kappa shape index (κ3) is 19.8. The Morgan fingerprint density at radius 1 is 1.07 bits per heavy atom. The predicted octanol–water partition coefficient (Wildman–Crippen LogP) is -1.01. The SMILES string of the molecule is CC(C)(C[NH-])C[NH-].O=C([O-])CC(=O)[O-].[Pt+4]. The van der Waals surface area contributed by atoms with E-state index < -0.39 is 18.4 Å². The van der Waals surface area contributed by atoms with Gasteiger partial charge in [0.25, 0.3) is 0 Å². The summed E-state index contributed by atoms with van der Waals surface area (Å²) < 4.78 is 0. The number of hydrogen-bond donors (Lipinski definition) is 0. The third-order valence-electron chi connectivity index (χ3n) is 1.25. The van der Waals surface area contributed by atoms with Crippen LogP contribution in [-0.4, -0.2) is 25.0 Å². The fraction of sp³-hybridized carbons (Fsp3) is 0.750. The number of carbonyl (C=O) groups is 2. The summed E-state index contributed by atoms with van der Waals surface area (Å²) in [5.41, 5.74) is 13.7. The van der Waals surface area contributed by atoms with Crippen LogP contribution in [-0.2, 0) is 30.7 Å². The van der Waals surface area contributed by atoms with Crippen LogP contribution in [0.5, 0.6) is 0 Å². The predicted molar refractivity (Wildman–Crippen MR) is 46.8 cm³/mol. The van der Waals surface area contributed by atoms with Gasteiger partial charge < -0.3 is 31.3 Å². The standard InChI is InChI=1S/C5H12N2.C3H4O4.Pt/c1-5(2,3-6)4-7;4-2(5)1-3(6)7;/h6-7H,3-4H2,1-2H3;1H2,(H,4,5)(H,6,7);/q-2;;+4/p-2. The zero-order chi connectivity index (χ0) is 11.8. The number of aliphatic carboxylic acids is 2. The molecular formula is C8H14N2O4Pt. The van der Waals surface area contributed by atoms with Crippen molar-refractivity contribution in [3.8, 4) is 0 Å². The van der Waals surface area contributed by atoms with Gasteiger partial charge in [0.05, 0.1) is 0 Å². The monoisotopic (exact) mass is 397 g/mol. The minimum Gasteiger partial charge on any atom is -0.677 e. The average molecular weight is 397 g/mol. The van der Waals surface area contributed by atoms with Crippen molar-refractivity contribution >= 4 is 11.9 Å². The van der Waals surface area contributed by atoms with Crippen LogP contribution < -0.4 is 10.2 Å². The van der Waals surface area contributed by atoms with Crippen molar-refractivity contribution in [3.05, 3.63) is 11.5 Å². The van der Waals surface area contributed by atoms with E-state index in [1.165, 1.54) is 0 Å². The van der Waals surface area contributed by atoms with Crippen molar-refractivity contribution in [2.24, 2.45) is 5.41 Å². The molecule has 2 N–H and O–H groups in total. The molecule has 0 fully saturated rings. The third-order valence-corrected chi connectivity index (χ3v) is 1.25. The van der Waals surface area contributed by atoms with Crippen LogP contribution in [0.15, 0.2) is 0 Å². The van der Waals surface area contributed by atoms with Gasteiger partial charge in [0.2, 0.25) is 0 Å². The molecule has 0 saturated heterocycles. The smallest absolute Gasteiger partial charge is 0.677 e. The molecular weight excluding hydrogens is 383 g/mol. The van der Waals surface area contributed by atoms with Crippen molar-refractivity contribution in [1.29, 1.82) is 0 Å². The fourth-order valence-corrected chi connectivity index (χ4v) is 0.180. The second-order valence-corrected chi connectivity index (χ2v) is 3.44. The summed E-state index contributed by atoms with van der Waals surface area (Å²) in [4.78, 5) is 18.6. The Morgan fingerprint density at radius 2 is 1.33 bits per heavy atom. The number of nitrogens with one attached hydrogen (secondary N) is 2. The molecule has 0 heterocycles. The Labute approximate surface area is 103 Å². The fourth-order valence-electron chi connectivity index (χ4n) is 0.180. The van der Waals surface area contributed by atoms with Crippen molar-refractivity contribution < 1.29 is 40.9 Å². The molecule has 0 aromatic heterocycles. The molecule has 0 aliphatic heterocycles. The van der Waals surface area contributed by atoms with Crippen LogP contribution in [0.2, 0.25) is 0 Å². The van der Waals surface area contributed by atoms with Crippen molar-refractivity contribution in [2.75, 3.05) is 13.1 Å². The summed E-state index contributed by atoms with van der Waals surface area (Å²) in [5.74, 6) is -3.25. The van der Waals surface area contributed by atoms with Gasteiger partial charge >= 0.3 is 21.1 Å². The first-order chi connectivity index (χ1) is 6.25. The molecule has 0 bridgehead atoms. The second kappa shape index (κ2) is 10.1. The maximum absolute atomic E-state index is 9.28. The average Bonchev–Trinajstić information content (AvgIpc) is 2.03. The van der Waals surface area contributed by atoms with E-state index in [1.54, 1.807) is 0 Å². The zero-order valence-electron chi connectivity index (χ0n) is 8.57. The van der Waals surface area contributed by atoms with E-state index in [-0.39, 0.29) is 26.5 Å². The van der Waals surface area contributed by atoms with E-state index in [0.717, 1.165) is 0 Å². The molecule has 0 rings (SSSR count). The van der Waals surface area contributed by atoms with Gasteiger partial charge in [0.1, 0.15) is 0 Å². The summed E-state index contributed by atoms with van der Waals surface area (Å²) in [5, 5.41) is 18.6. The number of carbonyl (C=O) groups excluding carboxylic acids is 2. The number of carboxylic acids is 2. The molecule has 0 unspecified atom stereocenters. The molecule has 0 atom stereocenters. The molecule has 15 heavy (non-hydrogen) atoms. The molecule has 0 aromatic carbocycles. The minimum atomic E-state index is -1.63. The maximum Gasteiger partial charge on any atom is 4.00 e. The Bertz CT molecular complexity index is 179. The Balaban J connectivity index is -0.000000180. The second-order valence-electron chi connectivity index (χ2n) is 3.44. The summed E-state index contributed by atoms with van der Waals surface area (Å²) >= 11 is 0. The largest absolute Gasteiger partial charge is 4.00 e. The topological polar surface area (TPSA) is 128 Å². The van der Waals surface area contributed by atoms with Gasteiger partial charge in [-0.1, -0.05) is 19.3 Å². The van der Waals surface area contributed by atoms with E-state index in [0.29, 0.717) is 13.1 Å². The Hall–Kier alpha value is -0.452. The maximum atomic E-state index is 9.28. The zero-order valence-corrected chi connectivity index (χ0v) is 10.8. The summed E-state index contributed by atoms with van der Waals surface area (Å²) in [6.45, 7) is 4.56. The Morgan fingerprint density at radius 3 is 1.33 bits per heavy atom. The van der Waals surface area contributed by atoms with E-state index in [1.807, 2.05) is 13.8 Å².